The number of nitrogen functional groups attached to an aromatic ring is 2. The van der Waals surface area contributed by atoms with E-state index in [9.17, 15) is 19.6 Å². The van der Waals surface area contributed by atoms with E-state index in [0.29, 0.717) is 5.52 Å². The quantitative estimate of drug-likeness (QED) is 0.192. The number of rotatable bonds is 10. The van der Waals surface area contributed by atoms with E-state index in [4.69, 9.17) is 36.9 Å². The average molecular weight is 538 g/mol. The first-order valence-electron chi connectivity index (χ1n) is 10.2. The maximum atomic E-state index is 12.1. The van der Waals surface area contributed by atoms with Gasteiger partial charge in [0.05, 0.1) is 18.3 Å². The molecule has 0 aliphatic carbocycles. The van der Waals surface area contributed by atoms with Crippen molar-refractivity contribution in [3.8, 4) is 0 Å². The number of alkyl halides is 1. The first-order chi connectivity index (χ1) is 15.9. The monoisotopic (exact) mass is 537 g/mol. The lowest BCUT2D eigenvalue weighted by molar-refractivity contribution is -0.119. The molecule has 3 heterocycles. The van der Waals surface area contributed by atoms with E-state index in [1.807, 2.05) is 0 Å². The van der Waals surface area contributed by atoms with Crippen LogP contribution in [0, 0.1) is 5.41 Å². The molecule has 0 aromatic carbocycles. The van der Waals surface area contributed by atoms with E-state index < -0.39 is 37.0 Å². The zero-order chi connectivity index (χ0) is 25.3. The maximum Gasteiger partial charge on any atom is 0.697 e. The van der Waals surface area contributed by atoms with E-state index in [1.165, 1.54) is 10.9 Å². The predicted octanol–water partition coefficient (Wildman–Crippen LogP) is 1.22. The summed E-state index contributed by atoms with van der Waals surface area (Å²) in [4.78, 5) is 22.8. The van der Waals surface area contributed by atoms with Crippen LogP contribution >= 0.6 is 31.6 Å². The Morgan fingerprint density at radius 1 is 1.41 bits per heavy atom. The fraction of sp³-hybridized carbons (Fsp3) is 0.667. The van der Waals surface area contributed by atoms with Crippen LogP contribution in [-0.4, -0.2) is 77.5 Å². The third-order valence-corrected chi connectivity index (χ3v) is 7.59. The standard InChI is InChI=1S/C18H27ClN6O7PS/c1-17(2,7-26)15(28)34-5-4-30-33(29)31-6-9-11(27)18(3,19)14(32-9)25-8-22-10-12(20)23-16(21)24-13(10)25/h8-9,11,14,26-27H,4-7H2,1-3H3,(H4,20,21,23,24)/q+1/t9-,11-,14-,18-/m1/s1. The van der Waals surface area contributed by atoms with Gasteiger partial charge in [0.15, 0.2) is 22.8 Å². The summed E-state index contributed by atoms with van der Waals surface area (Å²) in [5.41, 5.74) is 11.2. The molecule has 0 spiro atoms. The van der Waals surface area contributed by atoms with Crippen molar-refractivity contribution in [1.82, 2.24) is 19.5 Å². The lowest BCUT2D eigenvalue weighted by atomic mass is 9.97. The number of carbonyl (C=O) groups is 1. The molecular weight excluding hydrogens is 511 g/mol. The number of thioether (sulfide) groups is 1. The lowest BCUT2D eigenvalue weighted by Crippen LogP contribution is -2.39. The Kier molecular flexibility index (Phi) is 8.36. The third-order valence-electron chi connectivity index (χ3n) is 5.24. The molecule has 3 rings (SSSR count). The summed E-state index contributed by atoms with van der Waals surface area (Å²) >= 11 is 7.57. The number of nitrogens with two attached hydrogens (primary N) is 2. The van der Waals surface area contributed by atoms with E-state index in [2.05, 4.69) is 15.0 Å². The second kappa shape index (κ2) is 10.5. The molecule has 6 N–H and O–H groups in total. The van der Waals surface area contributed by atoms with Crippen LogP contribution in [0.3, 0.4) is 0 Å². The summed E-state index contributed by atoms with van der Waals surface area (Å²) in [5.74, 6) is 0.263. The van der Waals surface area contributed by atoms with Crippen molar-refractivity contribution in [2.45, 2.75) is 44.1 Å². The van der Waals surface area contributed by atoms with Gasteiger partial charge in [0, 0.05) is 10.3 Å². The van der Waals surface area contributed by atoms with Gasteiger partial charge in [0.1, 0.15) is 35.8 Å². The molecule has 2 aromatic heterocycles. The third kappa shape index (κ3) is 5.60. The highest BCUT2D eigenvalue weighted by Crippen LogP contribution is 2.45. The molecular formula is C18H27ClN6O7PS+. The SMILES string of the molecule is CC(C)(CO)C(=O)SCCO[P+](=O)OC[C@H]1O[C@@H](n2cnc3c(N)nc(N)nc32)[C@](C)(Cl)[C@@H]1O. The zero-order valence-electron chi connectivity index (χ0n) is 18.8. The highest BCUT2D eigenvalue weighted by molar-refractivity contribution is 8.13. The van der Waals surface area contributed by atoms with Gasteiger partial charge < -0.3 is 26.4 Å². The summed E-state index contributed by atoms with van der Waals surface area (Å²) in [7, 11) is -2.54. The topological polar surface area (TPSA) is 198 Å². The minimum absolute atomic E-state index is 0.0133. The smallest absolute Gasteiger partial charge is 0.395 e. The maximum absolute atomic E-state index is 12.1. The number of fused-ring (bicyclic) bond motifs is 1. The Morgan fingerprint density at radius 2 is 2.12 bits per heavy atom. The Hall–Kier alpha value is -1.64. The Morgan fingerprint density at radius 3 is 2.79 bits per heavy atom. The first-order valence-corrected chi connectivity index (χ1v) is 12.6. The van der Waals surface area contributed by atoms with Crippen molar-refractivity contribution in [1.29, 1.82) is 0 Å². The summed E-state index contributed by atoms with van der Waals surface area (Å²) in [6.07, 6.45) is -1.67. The van der Waals surface area contributed by atoms with Crippen LogP contribution in [0.1, 0.15) is 27.0 Å². The number of ether oxygens (including phenoxy) is 1. The lowest BCUT2D eigenvalue weighted by Gasteiger charge is -2.26. The number of aliphatic hydroxyl groups excluding tert-OH is 2. The van der Waals surface area contributed by atoms with E-state index in [-0.39, 0.29) is 48.1 Å². The number of hydrogen-bond acceptors (Lipinski definition) is 13. The molecule has 5 atom stereocenters. The van der Waals surface area contributed by atoms with Crippen LogP contribution in [0.5, 0.6) is 0 Å². The summed E-state index contributed by atoms with van der Waals surface area (Å²) in [6.45, 7) is 4.26. The number of carbonyl (C=O) groups excluding carboxylic acids is 1. The molecule has 1 aliphatic rings. The molecule has 0 saturated carbocycles. The highest BCUT2D eigenvalue weighted by Gasteiger charge is 2.54. The Balaban J connectivity index is 1.56. The van der Waals surface area contributed by atoms with Crippen LogP contribution in [0.25, 0.3) is 11.2 Å². The fourth-order valence-corrected chi connectivity index (χ4v) is 4.97. The number of halogens is 1. The zero-order valence-corrected chi connectivity index (χ0v) is 21.2. The van der Waals surface area contributed by atoms with Crippen LogP contribution in [0.4, 0.5) is 11.8 Å². The predicted molar refractivity (Wildman–Crippen MR) is 126 cm³/mol. The second-order valence-corrected chi connectivity index (χ2v) is 11.3. The summed E-state index contributed by atoms with van der Waals surface area (Å²) < 4.78 is 29.7. The molecule has 1 fully saturated rings. The summed E-state index contributed by atoms with van der Waals surface area (Å²) in [6, 6.07) is 0. The van der Waals surface area contributed by atoms with Crippen LogP contribution in [0.2, 0.25) is 0 Å². The molecule has 1 aliphatic heterocycles. The molecule has 1 unspecified atom stereocenters. The number of hydrogen-bond donors (Lipinski definition) is 4. The van der Waals surface area contributed by atoms with Crippen LogP contribution < -0.4 is 11.5 Å². The van der Waals surface area contributed by atoms with Crippen molar-refractivity contribution in [2.24, 2.45) is 5.41 Å². The number of imidazole rings is 1. The van der Waals surface area contributed by atoms with E-state index in [0.717, 1.165) is 11.8 Å². The minimum Gasteiger partial charge on any atom is -0.395 e. The van der Waals surface area contributed by atoms with Gasteiger partial charge >= 0.3 is 8.25 Å². The number of aromatic nitrogens is 4. The molecule has 16 heteroatoms. The van der Waals surface area contributed by atoms with Crippen molar-refractivity contribution < 1.29 is 33.4 Å². The van der Waals surface area contributed by atoms with Gasteiger partial charge in [-0.25, -0.2) is 4.98 Å². The Labute approximate surface area is 205 Å². The van der Waals surface area contributed by atoms with Crippen molar-refractivity contribution in [2.75, 3.05) is 37.0 Å². The Bertz CT molecular complexity index is 1070. The van der Waals surface area contributed by atoms with Gasteiger partial charge in [-0.1, -0.05) is 11.8 Å². The molecule has 0 amide bonds. The first kappa shape index (κ1) is 27.0. The van der Waals surface area contributed by atoms with Crippen LogP contribution in [0.15, 0.2) is 6.33 Å². The minimum atomic E-state index is -2.54. The number of aliphatic hydroxyl groups is 2. The largest absolute Gasteiger partial charge is 0.697 e. The second-order valence-electron chi connectivity index (χ2n) is 8.44. The highest BCUT2D eigenvalue weighted by atomic mass is 35.5. The number of anilines is 2. The van der Waals surface area contributed by atoms with Gasteiger partial charge in [-0.3, -0.25) is 9.36 Å². The van der Waals surface area contributed by atoms with Crippen molar-refractivity contribution >= 4 is 59.7 Å². The van der Waals surface area contributed by atoms with Crippen molar-refractivity contribution in [3.63, 3.8) is 0 Å². The molecule has 13 nitrogen and oxygen atoms in total. The fourth-order valence-electron chi connectivity index (χ4n) is 3.16. The van der Waals surface area contributed by atoms with Crippen LogP contribution in [-0.2, 0) is 23.1 Å². The molecule has 188 valence electrons. The van der Waals surface area contributed by atoms with E-state index in [1.54, 1.807) is 20.8 Å². The normalized spacial score (nSPS) is 25.7. The van der Waals surface area contributed by atoms with Gasteiger partial charge in [0.25, 0.3) is 0 Å². The molecule has 0 radical (unpaired) electrons. The molecule has 34 heavy (non-hydrogen) atoms. The van der Waals surface area contributed by atoms with E-state index >= 15 is 0 Å². The van der Waals surface area contributed by atoms with Crippen molar-refractivity contribution in [3.05, 3.63) is 6.33 Å². The summed E-state index contributed by atoms with van der Waals surface area (Å²) in [5, 5.41) is 19.7. The van der Waals surface area contributed by atoms with Gasteiger partial charge in [0.2, 0.25) is 5.95 Å². The number of nitrogens with zero attached hydrogens (tertiary/aromatic N) is 4. The molecule has 1 saturated heterocycles. The molecule has 0 bridgehead atoms. The van der Waals surface area contributed by atoms with Gasteiger partial charge in [-0.2, -0.15) is 9.97 Å². The average Bonchev–Trinajstić information content (AvgIpc) is 3.28. The molecule has 2 aromatic rings. The van der Waals surface area contributed by atoms with Gasteiger partial charge in [-0.15, -0.1) is 20.6 Å². The van der Waals surface area contributed by atoms with Gasteiger partial charge in [-0.05, 0) is 20.8 Å².